The van der Waals surface area contributed by atoms with E-state index >= 15 is 0 Å². The van der Waals surface area contributed by atoms with E-state index in [-0.39, 0.29) is 31.0 Å². The van der Waals surface area contributed by atoms with Crippen molar-refractivity contribution in [3.63, 3.8) is 0 Å². The van der Waals surface area contributed by atoms with Crippen molar-refractivity contribution in [3.8, 4) is 5.75 Å². The zero-order valence-corrected chi connectivity index (χ0v) is 20.7. The average Bonchev–Trinajstić information content (AvgIpc) is 3.40. The molecule has 36 heavy (non-hydrogen) atoms. The Morgan fingerprint density at radius 3 is 2.36 bits per heavy atom. The summed E-state index contributed by atoms with van der Waals surface area (Å²) in [7, 11) is 0. The number of amides is 2. The summed E-state index contributed by atoms with van der Waals surface area (Å²) in [4.78, 5) is 28.7. The van der Waals surface area contributed by atoms with Gasteiger partial charge in [0.05, 0.1) is 0 Å². The Labute approximate surface area is 212 Å². The number of nitrogens with one attached hydrogen (secondary N) is 1. The van der Waals surface area contributed by atoms with Crippen molar-refractivity contribution in [1.82, 2.24) is 10.2 Å². The van der Waals surface area contributed by atoms with E-state index in [0.29, 0.717) is 17.7 Å². The highest BCUT2D eigenvalue weighted by atomic mass is 19.1. The highest BCUT2D eigenvalue weighted by Gasteiger charge is 2.32. The molecule has 0 aliphatic heterocycles. The quantitative estimate of drug-likeness (QED) is 0.426. The number of halogens is 1. The molecule has 1 N–H and O–H groups in total. The van der Waals surface area contributed by atoms with E-state index in [4.69, 9.17) is 4.74 Å². The van der Waals surface area contributed by atoms with E-state index in [0.717, 1.165) is 36.8 Å². The molecule has 0 aromatic heterocycles. The van der Waals surface area contributed by atoms with Crippen molar-refractivity contribution in [2.24, 2.45) is 0 Å². The van der Waals surface area contributed by atoms with Crippen LogP contribution in [0, 0.1) is 12.7 Å². The second-order valence-electron chi connectivity index (χ2n) is 9.36. The van der Waals surface area contributed by atoms with Crippen LogP contribution in [0.25, 0.3) is 0 Å². The zero-order chi connectivity index (χ0) is 25.3. The first-order valence-electron chi connectivity index (χ1n) is 12.6. The molecule has 0 unspecified atom stereocenters. The molecule has 2 amide bonds. The highest BCUT2D eigenvalue weighted by Crippen LogP contribution is 2.21. The third-order valence-electron chi connectivity index (χ3n) is 6.72. The van der Waals surface area contributed by atoms with Gasteiger partial charge in [0.15, 0.2) is 6.61 Å². The number of rotatable bonds is 10. The minimum Gasteiger partial charge on any atom is -0.484 e. The molecular weight excluding hydrogens is 455 g/mol. The smallest absolute Gasteiger partial charge is 0.261 e. The third kappa shape index (κ3) is 6.72. The van der Waals surface area contributed by atoms with Gasteiger partial charge in [-0.1, -0.05) is 79.6 Å². The highest BCUT2D eigenvalue weighted by molar-refractivity contribution is 5.88. The van der Waals surface area contributed by atoms with Gasteiger partial charge in [0.1, 0.15) is 17.6 Å². The molecular formula is C30H33FN2O3. The second-order valence-corrected chi connectivity index (χ2v) is 9.36. The summed E-state index contributed by atoms with van der Waals surface area (Å²) >= 11 is 0. The Hall–Kier alpha value is -3.67. The standard InChI is InChI=1S/C30H33FN2O3/c1-22-11-5-10-18-28(22)36-21-29(34)33(20-24-14-6-9-17-26(24)31)27(19-23-12-3-2-4-13-23)30(35)32-25-15-7-8-16-25/h2-6,9-14,17-18,25,27H,7-8,15-16,19-21H2,1H3,(H,32,35)/t27-/m0/s1. The van der Waals surface area contributed by atoms with Gasteiger partial charge in [-0.25, -0.2) is 4.39 Å². The molecule has 0 heterocycles. The van der Waals surface area contributed by atoms with Crippen LogP contribution in [-0.4, -0.2) is 35.4 Å². The molecule has 3 aromatic carbocycles. The van der Waals surface area contributed by atoms with E-state index in [2.05, 4.69) is 5.32 Å². The van der Waals surface area contributed by atoms with Gasteiger partial charge in [0.2, 0.25) is 5.91 Å². The molecule has 0 saturated heterocycles. The van der Waals surface area contributed by atoms with Gasteiger partial charge in [0.25, 0.3) is 5.91 Å². The SMILES string of the molecule is Cc1ccccc1OCC(=O)N(Cc1ccccc1F)[C@@H](Cc1ccccc1)C(=O)NC1CCCC1. The Balaban J connectivity index is 1.63. The lowest BCUT2D eigenvalue weighted by Crippen LogP contribution is -2.53. The predicted octanol–water partition coefficient (Wildman–Crippen LogP) is 5.21. The van der Waals surface area contributed by atoms with Crippen LogP contribution in [0.15, 0.2) is 78.9 Å². The number of carbonyl (C=O) groups is 2. The van der Waals surface area contributed by atoms with E-state index in [9.17, 15) is 14.0 Å². The second kappa shape index (κ2) is 12.3. The van der Waals surface area contributed by atoms with Crippen molar-refractivity contribution in [3.05, 3.63) is 101 Å². The Bertz CT molecular complexity index is 1160. The molecule has 0 bridgehead atoms. The van der Waals surface area contributed by atoms with Crippen LogP contribution in [0.2, 0.25) is 0 Å². The van der Waals surface area contributed by atoms with Gasteiger partial charge in [-0.15, -0.1) is 0 Å². The molecule has 1 saturated carbocycles. The van der Waals surface area contributed by atoms with Gasteiger partial charge < -0.3 is 15.0 Å². The molecule has 0 radical (unpaired) electrons. The maximum absolute atomic E-state index is 14.7. The summed E-state index contributed by atoms with van der Waals surface area (Å²) in [6.07, 6.45) is 4.35. The van der Waals surface area contributed by atoms with Gasteiger partial charge >= 0.3 is 0 Å². The molecule has 4 rings (SSSR count). The first kappa shape index (κ1) is 25.4. The van der Waals surface area contributed by atoms with Crippen molar-refractivity contribution >= 4 is 11.8 Å². The number of nitrogens with zero attached hydrogens (tertiary/aromatic N) is 1. The lowest BCUT2D eigenvalue weighted by molar-refractivity contribution is -0.143. The lowest BCUT2D eigenvalue weighted by atomic mass is 10.0. The van der Waals surface area contributed by atoms with Gasteiger partial charge in [-0.05, 0) is 43.0 Å². The monoisotopic (exact) mass is 488 g/mol. The number of para-hydroxylation sites is 1. The zero-order valence-electron chi connectivity index (χ0n) is 20.7. The van der Waals surface area contributed by atoms with Crippen LogP contribution in [0.5, 0.6) is 5.75 Å². The summed E-state index contributed by atoms with van der Waals surface area (Å²) in [5.41, 5.74) is 2.19. The van der Waals surface area contributed by atoms with Gasteiger partial charge in [-0.2, -0.15) is 0 Å². The minimum absolute atomic E-state index is 0.0295. The maximum Gasteiger partial charge on any atom is 0.261 e. The van der Waals surface area contributed by atoms with E-state index in [1.54, 1.807) is 24.3 Å². The lowest BCUT2D eigenvalue weighted by Gasteiger charge is -2.32. The first-order chi connectivity index (χ1) is 17.5. The molecule has 0 spiro atoms. The summed E-state index contributed by atoms with van der Waals surface area (Å²) < 4.78 is 20.5. The molecule has 3 aromatic rings. The molecule has 5 nitrogen and oxygen atoms in total. The normalized spacial score (nSPS) is 14.3. The van der Waals surface area contributed by atoms with Crippen LogP contribution >= 0.6 is 0 Å². The summed E-state index contributed by atoms with van der Waals surface area (Å²) in [6.45, 7) is 1.63. The predicted molar refractivity (Wildman–Crippen MR) is 138 cm³/mol. The summed E-state index contributed by atoms with van der Waals surface area (Å²) in [6, 6.07) is 22.7. The largest absolute Gasteiger partial charge is 0.484 e. The van der Waals surface area contributed by atoms with Gasteiger partial charge in [0, 0.05) is 24.6 Å². The van der Waals surface area contributed by atoms with Crippen LogP contribution in [-0.2, 0) is 22.6 Å². The minimum atomic E-state index is -0.805. The summed E-state index contributed by atoms with van der Waals surface area (Å²) in [5, 5.41) is 3.15. The number of carbonyl (C=O) groups excluding carboxylic acids is 2. The average molecular weight is 489 g/mol. The fraction of sp³-hybridized carbons (Fsp3) is 0.333. The molecule has 6 heteroatoms. The Morgan fingerprint density at radius 1 is 0.972 bits per heavy atom. The van der Waals surface area contributed by atoms with Gasteiger partial charge in [-0.3, -0.25) is 9.59 Å². The topological polar surface area (TPSA) is 58.6 Å². The first-order valence-corrected chi connectivity index (χ1v) is 12.6. The maximum atomic E-state index is 14.7. The van der Waals surface area contributed by atoms with Crippen molar-refractivity contribution < 1.29 is 18.7 Å². The molecule has 1 atom stereocenters. The number of hydrogen-bond acceptors (Lipinski definition) is 3. The van der Waals surface area contributed by atoms with Crippen molar-refractivity contribution in [1.29, 1.82) is 0 Å². The van der Waals surface area contributed by atoms with Crippen LogP contribution in [0.3, 0.4) is 0 Å². The van der Waals surface area contributed by atoms with Crippen LogP contribution < -0.4 is 10.1 Å². The van der Waals surface area contributed by atoms with Crippen molar-refractivity contribution in [2.75, 3.05) is 6.61 Å². The van der Waals surface area contributed by atoms with Crippen LogP contribution in [0.1, 0.15) is 42.4 Å². The Kier molecular flexibility index (Phi) is 8.71. The van der Waals surface area contributed by atoms with Crippen LogP contribution in [0.4, 0.5) is 4.39 Å². The van der Waals surface area contributed by atoms with E-state index in [1.165, 1.54) is 11.0 Å². The number of benzene rings is 3. The number of aryl methyl sites for hydroxylation is 1. The number of hydrogen-bond donors (Lipinski definition) is 1. The Morgan fingerprint density at radius 2 is 1.64 bits per heavy atom. The molecule has 1 aliphatic carbocycles. The van der Waals surface area contributed by atoms with E-state index < -0.39 is 11.9 Å². The summed E-state index contributed by atoms with van der Waals surface area (Å²) in [5.74, 6) is -0.396. The fourth-order valence-electron chi connectivity index (χ4n) is 4.67. The van der Waals surface area contributed by atoms with Crippen molar-refractivity contribution in [2.45, 2.75) is 57.7 Å². The van der Waals surface area contributed by atoms with E-state index in [1.807, 2.05) is 55.5 Å². The fourth-order valence-corrected chi connectivity index (χ4v) is 4.67. The molecule has 188 valence electrons. The molecule has 1 fully saturated rings. The third-order valence-corrected chi connectivity index (χ3v) is 6.72. The number of ether oxygens (including phenoxy) is 1. The molecule has 1 aliphatic rings.